The van der Waals surface area contributed by atoms with Crippen LogP contribution in [0.4, 0.5) is 8.78 Å². The molecule has 3 aromatic carbocycles. The summed E-state index contributed by atoms with van der Waals surface area (Å²) in [7, 11) is 0. The summed E-state index contributed by atoms with van der Waals surface area (Å²) in [5.74, 6) is -0.0461. The highest BCUT2D eigenvalue weighted by molar-refractivity contribution is 5.85. The van der Waals surface area contributed by atoms with Crippen LogP contribution in [-0.4, -0.2) is 34.1 Å². The van der Waals surface area contributed by atoms with Crippen LogP contribution in [0.3, 0.4) is 0 Å². The van der Waals surface area contributed by atoms with Crippen molar-refractivity contribution in [3.63, 3.8) is 0 Å². The predicted octanol–water partition coefficient (Wildman–Crippen LogP) is 6.74. The maximum absolute atomic E-state index is 15.0. The lowest BCUT2D eigenvalue weighted by Gasteiger charge is -2.21. The van der Waals surface area contributed by atoms with Gasteiger partial charge in [-0.15, -0.1) is 0 Å². The number of aromatic amines is 2. The highest BCUT2D eigenvalue weighted by Crippen LogP contribution is 2.45. The van der Waals surface area contributed by atoms with Gasteiger partial charge in [0.05, 0.1) is 24.0 Å². The quantitative estimate of drug-likeness (QED) is 0.222. The summed E-state index contributed by atoms with van der Waals surface area (Å²) in [4.78, 5) is 22.8. The van der Waals surface area contributed by atoms with Crippen molar-refractivity contribution < 1.29 is 27.8 Å². The molecule has 5 aromatic rings. The smallest absolute Gasteiger partial charge is 0.310 e. The summed E-state index contributed by atoms with van der Waals surface area (Å²) < 4.78 is 46.9. The van der Waals surface area contributed by atoms with Crippen LogP contribution in [0.15, 0.2) is 60.9 Å². The van der Waals surface area contributed by atoms with Crippen LogP contribution < -0.4 is 9.47 Å². The number of benzene rings is 3. The van der Waals surface area contributed by atoms with Crippen molar-refractivity contribution in [2.45, 2.75) is 32.6 Å². The number of ether oxygens (including phenoxy) is 3. The molecule has 9 heteroatoms. The lowest BCUT2D eigenvalue weighted by Crippen LogP contribution is -2.25. The highest BCUT2D eigenvalue weighted by Gasteiger charge is 2.41. The molecule has 2 N–H and O–H groups in total. The third kappa shape index (κ3) is 4.27. The fraction of sp³-hybridized carbons (Fsp3) is 0.226. The Labute approximate surface area is 229 Å². The van der Waals surface area contributed by atoms with Crippen molar-refractivity contribution in [3.8, 4) is 28.6 Å². The molecule has 3 heterocycles. The van der Waals surface area contributed by atoms with Crippen molar-refractivity contribution in [1.29, 1.82) is 0 Å². The van der Waals surface area contributed by atoms with Crippen molar-refractivity contribution in [3.05, 3.63) is 94.9 Å². The number of para-hydroxylation sites is 1. The minimum atomic E-state index is -0.609. The van der Waals surface area contributed by atoms with E-state index in [-0.39, 0.29) is 29.5 Å². The maximum Gasteiger partial charge on any atom is 0.310 e. The Balaban J connectivity index is 1.31. The Morgan fingerprint density at radius 3 is 2.83 bits per heavy atom. The number of hydrogen-bond donors (Lipinski definition) is 2. The van der Waals surface area contributed by atoms with Gasteiger partial charge in [0.25, 0.3) is 0 Å². The lowest BCUT2D eigenvalue weighted by molar-refractivity contribution is -0.142. The SMILES string of the molecule is CCOC(=O)Cc1cccc2c1OC[C@]2(C)c1cnc(-c2cc(Oc3c(F)cc4[nH]ccc4c3C)ccc2F)[nH]1. The number of aryl methyl sites for hydroxylation is 1. The zero-order chi connectivity index (χ0) is 28.0. The standard InChI is InChI=1S/C31H27F2N3O4/c1-4-38-27(37)12-18-6-5-7-22-29(18)39-16-31(22,3)26-15-35-30(36-26)21-13-19(8-9-23(21)32)40-28-17(2)20-10-11-34-25(20)14-24(28)33/h5-11,13-15,34H,4,12,16H2,1-3H3,(H,35,36)/t31-/m0/s1. The van der Waals surface area contributed by atoms with Crippen molar-refractivity contribution in [2.24, 2.45) is 0 Å². The summed E-state index contributed by atoms with van der Waals surface area (Å²) in [5.41, 5.74) is 3.25. The van der Waals surface area contributed by atoms with E-state index in [4.69, 9.17) is 14.2 Å². The van der Waals surface area contributed by atoms with E-state index in [1.54, 1.807) is 26.2 Å². The zero-order valence-electron chi connectivity index (χ0n) is 22.2. The van der Waals surface area contributed by atoms with E-state index in [0.717, 1.165) is 22.2 Å². The topological polar surface area (TPSA) is 89.2 Å². The van der Waals surface area contributed by atoms with Gasteiger partial charge in [0.2, 0.25) is 0 Å². The van der Waals surface area contributed by atoms with Crippen molar-refractivity contribution >= 4 is 16.9 Å². The van der Waals surface area contributed by atoms with Gasteiger partial charge < -0.3 is 24.2 Å². The van der Waals surface area contributed by atoms with Gasteiger partial charge in [-0.05, 0) is 45.0 Å². The molecule has 0 bridgehead atoms. The Bertz CT molecular complexity index is 1760. The second-order valence-corrected chi connectivity index (χ2v) is 10.0. The summed E-state index contributed by atoms with van der Waals surface area (Å²) in [6.45, 7) is 6.17. The number of carbonyl (C=O) groups is 1. The molecule has 0 fully saturated rings. The molecule has 6 rings (SSSR count). The first-order chi connectivity index (χ1) is 19.3. The number of nitrogens with zero attached hydrogens (tertiary/aromatic N) is 1. The second kappa shape index (κ2) is 9.82. The van der Waals surface area contributed by atoms with E-state index in [2.05, 4.69) is 15.0 Å². The first-order valence-corrected chi connectivity index (χ1v) is 13.0. The zero-order valence-corrected chi connectivity index (χ0v) is 22.2. The second-order valence-electron chi connectivity index (χ2n) is 10.0. The third-order valence-corrected chi connectivity index (χ3v) is 7.43. The van der Waals surface area contributed by atoms with Crippen LogP contribution in [-0.2, 0) is 21.4 Å². The minimum absolute atomic E-state index is 0.0793. The Kier molecular flexibility index (Phi) is 6.29. The summed E-state index contributed by atoms with van der Waals surface area (Å²) in [6.07, 6.45) is 3.50. The molecule has 0 aliphatic carbocycles. The van der Waals surface area contributed by atoms with Gasteiger partial charge in [-0.1, -0.05) is 18.2 Å². The van der Waals surface area contributed by atoms with Crippen molar-refractivity contribution in [2.75, 3.05) is 13.2 Å². The van der Waals surface area contributed by atoms with Crippen LogP contribution in [0.25, 0.3) is 22.3 Å². The molecule has 1 atom stereocenters. The number of aromatic nitrogens is 3. The average Bonchev–Trinajstić information content (AvgIpc) is 3.68. The number of halogens is 2. The van der Waals surface area contributed by atoms with Gasteiger partial charge in [-0.3, -0.25) is 4.79 Å². The maximum atomic E-state index is 15.0. The van der Waals surface area contributed by atoms with Crippen LogP contribution >= 0.6 is 0 Å². The Morgan fingerprint density at radius 1 is 1.15 bits per heavy atom. The number of H-pyrrole nitrogens is 2. The average molecular weight is 544 g/mol. The molecule has 1 aliphatic rings. The molecule has 0 saturated carbocycles. The van der Waals surface area contributed by atoms with Crippen LogP contribution in [0, 0.1) is 18.6 Å². The number of nitrogens with one attached hydrogen (secondary N) is 2. The number of rotatable bonds is 7. The molecule has 0 spiro atoms. The van der Waals surface area contributed by atoms with E-state index >= 15 is 4.39 Å². The van der Waals surface area contributed by atoms with E-state index in [0.29, 0.717) is 35.9 Å². The molecule has 40 heavy (non-hydrogen) atoms. The summed E-state index contributed by atoms with van der Waals surface area (Å²) in [6, 6.07) is 13.1. The van der Waals surface area contributed by atoms with E-state index in [1.807, 2.05) is 31.2 Å². The van der Waals surface area contributed by atoms with Gasteiger partial charge in [0.1, 0.15) is 29.7 Å². The number of fused-ring (bicyclic) bond motifs is 2. The van der Waals surface area contributed by atoms with E-state index < -0.39 is 17.0 Å². The number of imidazole rings is 1. The van der Waals surface area contributed by atoms with Gasteiger partial charge in [-0.25, -0.2) is 13.8 Å². The normalized spacial score (nSPS) is 16.1. The molecule has 2 aromatic heterocycles. The molecular formula is C31H27F2N3O4. The van der Waals surface area contributed by atoms with Gasteiger partial charge >= 0.3 is 5.97 Å². The molecule has 0 amide bonds. The largest absolute Gasteiger partial charge is 0.492 e. The van der Waals surface area contributed by atoms with Crippen LogP contribution in [0.2, 0.25) is 0 Å². The van der Waals surface area contributed by atoms with E-state index in [1.165, 1.54) is 24.3 Å². The van der Waals surface area contributed by atoms with Gasteiger partial charge in [0.15, 0.2) is 11.6 Å². The fourth-order valence-corrected chi connectivity index (χ4v) is 5.27. The van der Waals surface area contributed by atoms with E-state index in [9.17, 15) is 9.18 Å². The first kappa shape index (κ1) is 25.6. The van der Waals surface area contributed by atoms with Crippen LogP contribution in [0.1, 0.15) is 36.2 Å². The molecule has 0 saturated heterocycles. The Morgan fingerprint density at radius 2 is 2.00 bits per heavy atom. The fourth-order valence-electron chi connectivity index (χ4n) is 5.27. The molecule has 204 valence electrons. The van der Waals surface area contributed by atoms with Gasteiger partial charge in [-0.2, -0.15) is 0 Å². The third-order valence-electron chi connectivity index (χ3n) is 7.43. The molecule has 0 radical (unpaired) electrons. The predicted molar refractivity (Wildman–Crippen MR) is 146 cm³/mol. The van der Waals surface area contributed by atoms with Crippen LogP contribution in [0.5, 0.6) is 17.2 Å². The monoisotopic (exact) mass is 543 g/mol. The lowest BCUT2D eigenvalue weighted by atomic mass is 9.81. The summed E-state index contributed by atoms with van der Waals surface area (Å²) in [5, 5.41) is 0.840. The molecular weight excluding hydrogens is 516 g/mol. The number of hydrogen-bond acceptors (Lipinski definition) is 5. The molecule has 1 aliphatic heterocycles. The Hall–Kier alpha value is -4.66. The van der Waals surface area contributed by atoms with Gasteiger partial charge in [0, 0.05) is 51.7 Å². The first-order valence-electron chi connectivity index (χ1n) is 13.0. The minimum Gasteiger partial charge on any atom is -0.492 e. The summed E-state index contributed by atoms with van der Waals surface area (Å²) >= 11 is 0. The molecule has 0 unspecified atom stereocenters. The number of carbonyl (C=O) groups excluding carboxylic acids is 1. The highest BCUT2D eigenvalue weighted by atomic mass is 19.1. The van der Waals surface area contributed by atoms with Crippen molar-refractivity contribution in [1.82, 2.24) is 15.0 Å². The molecule has 7 nitrogen and oxygen atoms in total. The number of esters is 1.